The zero-order valence-electron chi connectivity index (χ0n) is 12.0. The van der Waals surface area contributed by atoms with Gasteiger partial charge in [0.2, 0.25) is 0 Å². The van der Waals surface area contributed by atoms with Crippen molar-refractivity contribution >= 4 is 21.7 Å². The van der Waals surface area contributed by atoms with E-state index in [9.17, 15) is 0 Å². The van der Waals surface area contributed by atoms with E-state index in [0.717, 1.165) is 41.2 Å². The lowest BCUT2D eigenvalue weighted by molar-refractivity contribution is 0.593. The summed E-state index contributed by atoms with van der Waals surface area (Å²) in [6.45, 7) is 11.7. The lowest BCUT2D eigenvalue weighted by Gasteiger charge is -2.18. The van der Waals surface area contributed by atoms with Crippen LogP contribution in [0.5, 0.6) is 0 Å². The SMILES string of the molecule is CCNc1nc(C(CC)CC)nc(C(C)C)c1Br. The molecule has 1 N–H and O–H groups in total. The van der Waals surface area contributed by atoms with Crippen LogP contribution >= 0.6 is 15.9 Å². The second-order valence-electron chi connectivity index (χ2n) is 4.83. The summed E-state index contributed by atoms with van der Waals surface area (Å²) < 4.78 is 1.01. The van der Waals surface area contributed by atoms with E-state index in [-0.39, 0.29) is 0 Å². The fourth-order valence-electron chi connectivity index (χ4n) is 1.99. The number of hydrogen-bond donors (Lipinski definition) is 1. The molecule has 1 aromatic heterocycles. The van der Waals surface area contributed by atoms with Gasteiger partial charge >= 0.3 is 0 Å². The molecule has 1 aromatic rings. The third kappa shape index (κ3) is 3.44. The van der Waals surface area contributed by atoms with Crippen molar-refractivity contribution in [1.82, 2.24) is 9.97 Å². The van der Waals surface area contributed by atoms with E-state index in [1.807, 2.05) is 0 Å². The highest BCUT2D eigenvalue weighted by molar-refractivity contribution is 9.10. The van der Waals surface area contributed by atoms with Gasteiger partial charge in [0.15, 0.2) is 0 Å². The first kappa shape index (κ1) is 15.4. The van der Waals surface area contributed by atoms with Gasteiger partial charge in [-0.25, -0.2) is 9.97 Å². The molecular weight excluding hydrogens is 290 g/mol. The zero-order valence-corrected chi connectivity index (χ0v) is 13.6. The molecule has 0 atom stereocenters. The fourth-order valence-corrected chi connectivity index (χ4v) is 2.76. The van der Waals surface area contributed by atoms with Crippen LogP contribution in [0.1, 0.15) is 70.8 Å². The standard InChI is InChI=1S/C14H24BrN3/c1-6-10(7-2)13-17-12(9(4)5)11(15)14(18-13)16-8-3/h9-10H,6-8H2,1-5H3,(H,16,17,18). The molecule has 3 nitrogen and oxygen atoms in total. The second-order valence-corrected chi connectivity index (χ2v) is 5.62. The molecule has 0 spiro atoms. The molecule has 1 rings (SSSR count). The molecule has 0 bridgehead atoms. The molecule has 18 heavy (non-hydrogen) atoms. The van der Waals surface area contributed by atoms with E-state index in [2.05, 4.69) is 60.8 Å². The summed E-state index contributed by atoms with van der Waals surface area (Å²) in [4.78, 5) is 9.44. The van der Waals surface area contributed by atoms with Crippen molar-refractivity contribution in [1.29, 1.82) is 0 Å². The first-order valence-corrected chi connectivity index (χ1v) is 7.65. The molecule has 0 fully saturated rings. The third-order valence-corrected chi connectivity index (χ3v) is 3.92. The summed E-state index contributed by atoms with van der Waals surface area (Å²) in [6, 6.07) is 0. The molecule has 0 aliphatic carbocycles. The first-order chi connectivity index (χ1) is 8.54. The highest BCUT2D eigenvalue weighted by atomic mass is 79.9. The van der Waals surface area contributed by atoms with E-state index >= 15 is 0 Å². The smallest absolute Gasteiger partial charge is 0.144 e. The number of halogens is 1. The molecule has 4 heteroatoms. The minimum Gasteiger partial charge on any atom is -0.369 e. The maximum Gasteiger partial charge on any atom is 0.144 e. The summed E-state index contributed by atoms with van der Waals surface area (Å²) in [5.74, 6) is 2.75. The minimum atomic E-state index is 0.396. The molecule has 0 aliphatic heterocycles. The largest absolute Gasteiger partial charge is 0.369 e. The van der Waals surface area contributed by atoms with Crippen LogP contribution in [0.4, 0.5) is 5.82 Å². The van der Waals surface area contributed by atoms with Gasteiger partial charge in [0.05, 0.1) is 10.2 Å². The van der Waals surface area contributed by atoms with Crippen LogP contribution in [-0.2, 0) is 0 Å². The number of nitrogens with one attached hydrogen (secondary N) is 1. The summed E-state index contributed by atoms with van der Waals surface area (Å²) in [5.41, 5.74) is 1.10. The van der Waals surface area contributed by atoms with Crippen molar-refractivity contribution in [2.75, 3.05) is 11.9 Å². The van der Waals surface area contributed by atoms with Crippen LogP contribution in [0.15, 0.2) is 4.47 Å². The molecule has 0 aromatic carbocycles. The lowest BCUT2D eigenvalue weighted by atomic mass is 10.0. The summed E-state index contributed by atoms with van der Waals surface area (Å²) >= 11 is 3.62. The maximum atomic E-state index is 4.76. The molecule has 0 saturated heterocycles. The predicted molar refractivity (Wildman–Crippen MR) is 81.3 cm³/mol. The van der Waals surface area contributed by atoms with Gasteiger partial charge in [0, 0.05) is 12.5 Å². The molecule has 102 valence electrons. The van der Waals surface area contributed by atoms with Crippen LogP contribution in [-0.4, -0.2) is 16.5 Å². The van der Waals surface area contributed by atoms with Gasteiger partial charge < -0.3 is 5.32 Å². The van der Waals surface area contributed by atoms with E-state index in [4.69, 9.17) is 4.98 Å². The molecular formula is C14H24BrN3. The Bertz CT molecular complexity index is 387. The highest BCUT2D eigenvalue weighted by Gasteiger charge is 2.18. The molecule has 0 aliphatic rings. The van der Waals surface area contributed by atoms with Crippen molar-refractivity contribution < 1.29 is 0 Å². The predicted octanol–water partition coefficient (Wildman–Crippen LogP) is 4.70. The first-order valence-electron chi connectivity index (χ1n) is 6.86. The normalized spacial score (nSPS) is 11.3. The van der Waals surface area contributed by atoms with Crippen LogP contribution in [0.25, 0.3) is 0 Å². The van der Waals surface area contributed by atoms with Crippen molar-refractivity contribution in [3.05, 3.63) is 16.0 Å². The van der Waals surface area contributed by atoms with Crippen molar-refractivity contribution in [3.8, 4) is 0 Å². The highest BCUT2D eigenvalue weighted by Crippen LogP contribution is 2.31. The van der Waals surface area contributed by atoms with Gasteiger partial charge in [0.25, 0.3) is 0 Å². The molecule has 0 saturated carbocycles. The third-order valence-electron chi connectivity index (χ3n) is 3.14. The Hall–Kier alpha value is -0.640. The second kappa shape index (κ2) is 7.07. The number of nitrogens with zero attached hydrogens (tertiary/aromatic N) is 2. The Morgan fingerprint density at radius 1 is 1.11 bits per heavy atom. The summed E-state index contributed by atoms with van der Waals surface area (Å²) in [5, 5.41) is 3.32. The van der Waals surface area contributed by atoms with Gasteiger partial charge in [-0.15, -0.1) is 0 Å². The van der Waals surface area contributed by atoms with Crippen molar-refractivity contribution in [2.24, 2.45) is 0 Å². The quantitative estimate of drug-likeness (QED) is 0.827. The number of rotatable bonds is 6. The molecule has 0 unspecified atom stereocenters. The maximum absolute atomic E-state index is 4.76. The topological polar surface area (TPSA) is 37.8 Å². The average Bonchev–Trinajstić information content (AvgIpc) is 2.34. The summed E-state index contributed by atoms with van der Waals surface area (Å²) in [7, 11) is 0. The van der Waals surface area contributed by atoms with Gasteiger partial charge in [0.1, 0.15) is 11.6 Å². The van der Waals surface area contributed by atoms with E-state index in [1.165, 1.54) is 0 Å². The Kier molecular flexibility index (Phi) is 6.06. The Morgan fingerprint density at radius 2 is 1.72 bits per heavy atom. The molecule has 0 amide bonds. The van der Waals surface area contributed by atoms with Gasteiger partial charge in [-0.2, -0.15) is 0 Å². The van der Waals surface area contributed by atoms with Crippen LogP contribution in [0, 0.1) is 0 Å². The van der Waals surface area contributed by atoms with Crippen molar-refractivity contribution in [3.63, 3.8) is 0 Å². The average molecular weight is 314 g/mol. The Balaban J connectivity index is 3.27. The molecule has 0 radical (unpaired) electrons. The van der Waals surface area contributed by atoms with Crippen LogP contribution in [0.3, 0.4) is 0 Å². The summed E-state index contributed by atoms with van der Waals surface area (Å²) in [6.07, 6.45) is 2.17. The molecule has 1 heterocycles. The fraction of sp³-hybridized carbons (Fsp3) is 0.714. The van der Waals surface area contributed by atoms with Crippen LogP contribution < -0.4 is 5.32 Å². The Morgan fingerprint density at radius 3 is 2.17 bits per heavy atom. The van der Waals surface area contributed by atoms with E-state index in [1.54, 1.807) is 0 Å². The monoisotopic (exact) mass is 313 g/mol. The van der Waals surface area contributed by atoms with Crippen LogP contribution in [0.2, 0.25) is 0 Å². The van der Waals surface area contributed by atoms with Gasteiger partial charge in [-0.1, -0.05) is 27.7 Å². The Labute approximate surface area is 119 Å². The van der Waals surface area contributed by atoms with Gasteiger partial charge in [-0.3, -0.25) is 0 Å². The van der Waals surface area contributed by atoms with Gasteiger partial charge in [-0.05, 0) is 41.6 Å². The number of aromatic nitrogens is 2. The van der Waals surface area contributed by atoms with Crippen molar-refractivity contribution in [2.45, 2.75) is 59.3 Å². The van der Waals surface area contributed by atoms with E-state index in [0.29, 0.717) is 11.8 Å². The minimum absolute atomic E-state index is 0.396. The number of anilines is 1. The van der Waals surface area contributed by atoms with E-state index < -0.39 is 0 Å². The zero-order chi connectivity index (χ0) is 13.7. The number of hydrogen-bond acceptors (Lipinski definition) is 3. The lowest BCUT2D eigenvalue weighted by Crippen LogP contribution is -2.11.